The molecule has 0 heterocycles. The minimum atomic E-state index is -0.643. The van der Waals surface area contributed by atoms with Crippen molar-refractivity contribution in [1.29, 1.82) is 0 Å². The van der Waals surface area contributed by atoms with Gasteiger partial charge in [-0.3, -0.25) is 4.79 Å². The predicted octanol–water partition coefficient (Wildman–Crippen LogP) is 0.494. The van der Waals surface area contributed by atoms with E-state index in [0.717, 1.165) is 6.54 Å². The van der Waals surface area contributed by atoms with Gasteiger partial charge in [0.1, 0.15) is 5.54 Å². The van der Waals surface area contributed by atoms with Crippen molar-refractivity contribution in [3.8, 4) is 0 Å². The Hall–Kier alpha value is -0.650. The monoisotopic (exact) mass is 246 g/mol. The highest BCUT2D eigenvalue weighted by Gasteiger charge is 2.34. The molecule has 17 heavy (non-hydrogen) atoms. The molecule has 5 heteroatoms. The number of carbonyl (C=O) groups is 1. The summed E-state index contributed by atoms with van der Waals surface area (Å²) in [6.07, 6.45) is 0.691. The summed E-state index contributed by atoms with van der Waals surface area (Å²) in [6, 6.07) is 0.265. The SMILES string of the molecule is CNC(C)(CC(C)N(C)CCOC)C(=O)OC. The van der Waals surface area contributed by atoms with E-state index >= 15 is 0 Å². The molecule has 0 aliphatic heterocycles. The summed E-state index contributed by atoms with van der Waals surface area (Å²) in [5.41, 5.74) is -0.643. The zero-order valence-corrected chi connectivity index (χ0v) is 11.9. The highest BCUT2D eigenvalue weighted by Crippen LogP contribution is 2.16. The van der Waals surface area contributed by atoms with Gasteiger partial charge in [-0.25, -0.2) is 0 Å². The number of likely N-dealkylation sites (N-methyl/N-ethyl adjacent to an activating group) is 2. The molecule has 0 bridgehead atoms. The van der Waals surface area contributed by atoms with Crippen molar-refractivity contribution in [1.82, 2.24) is 10.2 Å². The standard InChI is InChI=1S/C12H26N2O3/c1-10(14(4)7-8-16-5)9-12(2,13-3)11(15)17-6/h10,13H,7-9H2,1-6H3. The van der Waals surface area contributed by atoms with Gasteiger partial charge in [0.25, 0.3) is 0 Å². The van der Waals surface area contributed by atoms with Crippen LogP contribution in [0.2, 0.25) is 0 Å². The number of hydrogen-bond acceptors (Lipinski definition) is 5. The first kappa shape index (κ1) is 16.4. The quantitative estimate of drug-likeness (QED) is 0.632. The van der Waals surface area contributed by atoms with Crippen LogP contribution < -0.4 is 5.32 Å². The molecule has 0 fully saturated rings. The maximum Gasteiger partial charge on any atom is 0.325 e. The van der Waals surface area contributed by atoms with E-state index in [1.807, 2.05) is 14.0 Å². The Morgan fingerprint density at radius 2 is 2.06 bits per heavy atom. The number of carbonyl (C=O) groups excluding carboxylic acids is 1. The van der Waals surface area contributed by atoms with Gasteiger partial charge < -0.3 is 19.7 Å². The zero-order valence-electron chi connectivity index (χ0n) is 11.9. The normalized spacial score (nSPS) is 16.6. The summed E-state index contributed by atoms with van der Waals surface area (Å²) in [5, 5.41) is 3.04. The van der Waals surface area contributed by atoms with Gasteiger partial charge >= 0.3 is 5.97 Å². The van der Waals surface area contributed by atoms with E-state index in [2.05, 4.69) is 17.1 Å². The minimum absolute atomic E-state index is 0.230. The molecule has 0 aliphatic rings. The van der Waals surface area contributed by atoms with Crippen LogP contribution in [-0.2, 0) is 14.3 Å². The van der Waals surface area contributed by atoms with Gasteiger partial charge in [-0.15, -0.1) is 0 Å². The molecule has 0 spiro atoms. The Labute approximate surface area is 104 Å². The molecule has 0 rings (SSSR count). The number of hydrogen-bond donors (Lipinski definition) is 1. The Bertz CT molecular complexity index is 236. The topological polar surface area (TPSA) is 50.8 Å². The molecular weight excluding hydrogens is 220 g/mol. The van der Waals surface area contributed by atoms with Crippen LogP contribution in [0.5, 0.6) is 0 Å². The lowest BCUT2D eigenvalue weighted by molar-refractivity contribution is -0.148. The summed E-state index contributed by atoms with van der Waals surface area (Å²) in [5.74, 6) is -0.230. The van der Waals surface area contributed by atoms with Crippen LogP contribution in [-0.4, -0.2) is 63.9 Å². The summed E-state index contributed by atoms with van der Waals surface area (Å²) in [7, 11) is 6.90. The molecule has 0 aromatic rings. The van der Waals surface area contributed by atoms with Crippen molar-refractivity contribution >= 4 is 5.97 Å². The zero-order chi connectivity index (χ0) is 13.5. The molecule has 0 radical (unpaired) electrons. The molecule has 0 saturated carbocycles. The summed E-state index contributed by atoms with van der Waals surface area (Å²) in [6.45, 7) is 5.49. The van der Waals surface area contributed by atoms with E-state index < -0.39 is 5.54 Å². The molecule has 2 unspecified atom stereocenters. The van der Waals surface area contributed by atoms with Gasteiger partial charge in [0.15, 0.2) is 0 Å². The molecular formula is C12H26N2O3. The first-order valence-corrected chi connectivity index (χ1v) is 5.87. The van der Waals surface area contributed by atoms with Crippen molar-refractivity contribution in [2.75, 3.05) is 41.5 Å². The van der Waals surface area contributed by atoms with Gasteiger partial charge in [-0.05, 0) is 34.4 Å². The molecule has 102 valence electrons. The number of nitrogens with zero attached hydrogens (tertiary/aromatic N) is 1. The van der Waals surface area contributed by atoms with Gasteiger partial charge in [0.05, 0.1) is 13.7 Å². The molecule has 0 amide bonds. The van der Waals surface area contributed by atoms with Crippen LogP contribution in [0.1, 0.15) is 20.3 Å². The Balaban J connectivity index is 4.41. The first-order chi connectivity index (χ1) is 7.91. The second kappa shape index (κ2) is 7.63. The first-order valence-electron chi connectivity index (χ1n) is 5.87. The van der Waals surface area contributed by atoms with Crippen molar-refractivity contribution in [3.05, 3.63) is 0 Å². The van der Waals surface area contributed by atoms with E-state index in [1.54, 1.807) is 14.2 Å². The lowest BCUT2D eigenvalue weighted by atomic mass is 9.93. The highest BCUT2D eigenvalue weighted by molar-refractivity contribution is 5.80. The van der Waals surface area contributed by atoms with Crippen LogP contribution in [0, 0.1) is 0 Å². The molecule has 1 N–H and O–H groups in total. The van der Waals surface area contributed by atoms with Gasteiger partial charge in [-0.2, -0.15) is 0 Å². The fourth-order valence-electron chi connectivity index (χ4n) is 1.72. The van der Waals surface area contributed by atoms with Crippen molar-refractivity contribution in [2.24, 2.45) is 0 Å². The predicted molar refractivity (Wildman–Crippen MR) is 68.1 cm³/mol. The van der Waals surface area contributed by atoms with Crippen LogP contribution in [0.3, 0.4) is 0 Å². The molecule has 0 aromatic carbocycles. The molecule has 0 saturated heterocycles. The number of nitrogens with one attached hydrogen (secondary N) is 1. The third-order valence-corrected chi connectivity index (χ3v) is 3.29. The Morgan fingerprint density at radius 3 is 2.47 bits per heavy atom. The number of esters is 1. The second-order valence-corrected chi connectivity index (χ2v) is 4.60. The highest BCUT2D eigenvalue weighted by atomic mass is 16.5. The van der Waals surface area contributed by atoms with Crippen LogP contribution in [0.4, 0.5) is 0 Å². The number of methoxy groups -OCH3 is 2. The maximum atomic E-state index is 11.7. The fourth-order valence-corrected chi connectivity index (χ4v) is 1.72. The van der Waals surface area contributed by atoms with E-state index in [1.165, 1.54) is 7.11 Å². The molecule has 2 atom stereocenters. The van der Waals surface area contributed by atoms with E-state index in [9.17, 15) is 4.79 Å². The summed E-state index contributed by atoms with van der Waals surface area (Å²) in [4.78, 5) is 13.9. The van der Waals surface area contributed by atoms with Crippen LogP contribution in [0.15, 0.2) is 0 Å². The van der Waals surface area contributed by atoms with Crippen molar-refractivity contribution in [3.63, 3.8) is 0 Å². The number of ether oxygens (including phenoxy) is 2. The minimum Gasteiger partial charge on any atom is -0.468 e. The Kier molecular flexibility index (Phi) is 7.34. The maximum absolute atomic E-state index is 11.7. The fraction of sp³-hybridized carbons (Fsp3) is 0.917. The Morgan fingerprint density at radius 1 is 1.47 bits per heavy atom. The van der Waals surface area contributed by atoms with Gasteiger partial charge in [-0.1, -0.05) is 0 Å². The third kappa shape index (κ3) is 5.02. The van der Waals surface area contributed by atoms with E-state index in [-0.39, 0.29) is 12.0 Å². The summed E-state index contributed by atoms with van der Waals surface area (Å²) >= 11 is 0. The molecule has 5 nitrogen and oxygen atoms in total. The average Bonchev–Trinajstić information content (AvgIpc) is 2.34. The van der Waals surface area contributed by atoms with E-state index in [0.29, 0.717) is 13.0 Å². The van der Waals surface area contributed by atoms with Crippen LogP contribution >= 0.6 is 0 Å². The largest absolute Gasteiger partial charge is 0.468 e. The van der Waals surface area contributed by atoms with Gasteiger partial charge in [0.2, 0.25) is 0 Å². The molecule has 0 aromatic heterocycles. The number of rotatable bonds is 8. The second-order valence-electron chi connectivity index (χ2n) is 4.60. The van der Waals surface area contributed by atoms with Crippen molar-refractivity contribution < 1.29 is 14.3 Å². The van der Waals surface area contributed by atoms with Gasteiger partial charge in [0, 0.05) is 19.7 Å². The van der Waals surface area contributed by atoms with Crippen molar-refractivity contribution in [2.45, 2.75) is 31.8 Å². The lowest BCUT2D eigenvalue weighted by Crippen LogP contribution is -2.52. The van der Waals surface area contributed by atoms with E-state index in [4.69, 9.17) is 9.47 Å². The lowest BCUT2D eigenvalue weighted by Gasteiger charge is -2.33. The average molecular weight is 246 g/mol. The molecule has 0 aliphatic carbocycles. The third-order valence-electron chi connectivity index (χ3n) is 3.29. The van der Waals surface area contributed by atoms with Crippen LogP contribution in [0.25, 0.3) is 0 Å². The summed E-state index contributed by atoms with van der Waals surface area (Å²) < 4.78 is 9.86. The smallest absolute Gasteiger partial charge is 0.325 e.